The maximum Gasteiger partial charge on any atom is 0.308 e. The third-order valence-electron chi connectivity index (χ3n) is 15.2. The fourth-order valence-corrected chi connectivity index (χ4v) is 8.61. The molecule has 0 rings (SSSR count). The lowest BCUT2D eigenvalue weighted by Crippen LogP contribution is -2.20. The van der Waals surface area contributed by atoms with Gasteiger partial charge in [0.25, 0.3) is 0 Å². The molecule has 0 aromatic heterocycles. The number of ether oxygens (including phenoxy) is 6. The summed E-state index contributed by atoms with van der Waals surface area (Å²) in [6.07, 6.45) is 23.0. The molecule has 0 aliphatic rings. The van der Waals surface area contributed by atoms with Crippen molar-refractivity contribution in [3.63, 3.8) is 0 Å². The summed E-state index contributed by atoms with van der Waals surface area (Å²) in [5, 5.41) is 0. The Bertz CT molecular complexity index is 2030. The number of carbonyl (C=O) groups is 6. The van der Waals surface area contributed by atoms with Gasteiger partial charge in [-0.25, -0.2) is 0 Å². The average Bonchev–Trinajstić information content (AvgIpc) is 1.11. The highest BCUT2D eigenvalue weighted by Crippen LogP contribution is 2.28. The van der Waals surface area contributed by atoms with Gasteiger partial charge in [0.15, 0.2) is 0 Å². The van der Waals surface area contributed by atoms with Crippen LogP contribution in [0.25, 0.3) is 0 Å². The van der Waals surface area contributed by atoms with E-state index in [1.165, 1.54) is 57.8 Å². The van der Waals surface area contributed by atoms with Crippen LogP contribution in [0.5, 0.6) is 0 Å². The summed E-state index contributed by atoms with van der Waals surface area (Å²) in [4.78, 5) is 65.3. The van der Waals surface area contributed by atoms with Gasteiger partial charge in [0.05, 0.1) is 50.5 Å². The SMILES string of the molecule is CC(C)C(=O)OCCC(C)(C)C.CC(C)C(=O)OCCCC(C)(C)C.CC(C)CCC(C)(C)C.CCC(=O)OC(C)CC(C)(C)C.CCC(=O)OC(C)CCC(C)(C)C.CCC(=O)OCCC(C)(C)C.CCC(=O)OCCCC(C)(C)C.CCC(C)CC(C)(C)C.CCCC(C)(C)C.CCCCC(C)(C)C. The molecule has 106 heavy (non-hydrogen) atoms. The molecular weight excluding hydrogens is 1320 g/mol. The molecule has 0 heterocycles. The van der Waals surface area contributed by atoms with Crippen molar-refractivity contribution in [2.75, 3.05) is 26.4 Å². The summed E-state index contributed by atoms with van der Waals surface area (Å²) >= 11 is 0. The van der Waals surface area contributed by atoms with E-state index in [2.05, 4.69) is 249 Å². The fourth-order valence-electron chi connectivity index (χ4n) is 8.61. The lowest BCUT2D eigenvalue weighted by Gasteiger charge is -2.22. The van der Waals surface area contributed by atoms with Gasteiger partial charge in [0, 0.05) is 25.7 Å². The summed E-state index contributed by atoms with van der Waals surface area (Å²) in [7, 11) is 0. The quantitative estimate of drug-likeness (QED) is 0.0415. The third kappa shape index (κ3) is 143. The Morgan fingerprint density at radius 3 is 0.764 bits per heavy atom. The molecule has 0 fully saturated rings. The number of unbranched alkanes of at least 4 members (excludes halogenated alkanes) is 1. The lowest BCUT2D eigenvalue weighted by molar-refractivity contribution is -0.149. The van der Waals surface area contributed by atoms with Crippen LogP contribution in [0.1, 0.15) is 460 Å². The van der Waals surface area contributed by atoms with Crippen LogP contribution < -0.4 is 0 Å². The van der Waals surface area contributed by atoms with Crippen molar-refractivity contribution in [3.05, 3.63) is 0 Å². The molecule has 0 saturated carbocycles. The lowest BCUT2D eigenvalue weighted by atomic mass is 9.84. The van der Waals surface area contributed by atoms with Gasteiger partial charge in [-0.2, -0.15) is 0 Å². The van der Waals surface area contributed by atoms with Crippen LogP contribution in [-0.2, 0) is 57.2 Å². The molecule has 12 nitrogen and oxygen atoms in total. The monoisotopic (exact) mass is 1520 g/mol. The Hall–Kier alpha value is -3.18. The van der Waals surface area contributed by atoms with Crippen molar-refractivity contribution in [2.24, 2.45) is 77.8 Å². The second-order valence-corrected chi connectivity index (χ2v) is 42.7. The molecule has 3 unspecified atom stereocenters. The first-order chi connectivity index (χ1) is 47.3. The Labute approximate surface area is 665 Å². The normalized spacial score (nSPS) is 12.7. The molecule has 0 saturated heterocycles. The van der Waals surface area contributed by atoms with Gasteiger partial charge in [0.2, 0.25) is 0 Å². The zero-order valence-corrected chi connectivity index (χ0v) is 80.7. The maximum absolute atomic E-state index is 11.0. The van der Waals surface area contributed by atoms with Crippen molar-refractivity contribution < 1.29 is 57.2 Å². The molecule has 0 spiro atoms. The molecule has 0 amide bonds. The summed E-state index contributed by atoms with van der Waals surface area (Å²) in [6, 6.07) is 0. The van der Waals surface area contributed by atoms with Gasteiger partial charge in [0.1, 0.15) is 0 Å². The van der Waals surface area contributed by atoms with E-state index >= 15 is 0 Å². The van der Waals surface area contributed by atoms with Gasteiger partial charge >= 0.3 is 35.8 Å². The van der Waals surface area contributed by atoms with Crippen molar-refractivity contribution in [3.8, 4) is 0 Å². The molecule has 0 aliphatic carbocycles. The largest absolute Gasteiger partial charge is 0.466 e. The first-order valence-electron chi connectivity index (χ1n) is 42.3. The number of hydrogen-bond acceptors (Lipinski definition) is 12. The minimum atomic E-state index is -0.105. The standard InChI is InChI=1S/2C11H22O2.3C10H20O2.C9H18O2.2C9H20.C8H18.C7H16/c1-9(2)10(12)13-8-6-7-11(3,4)5;1-6-10(12)13-9(2)7-8-11(3,4)5;1-8(2)9(11)12-7-6-10(3,4)5;1-6-9(11)12-8(2)7-10(3,4)5;1-5-9(11)12-8-6-7-10(2,3)4;1-5-8(10)11-7-6-9(2,3)4;1-8(2)6-7-9(3,4)5;1-6-8(2)7-9(3,4)5;1-5-6-7-8(2,3)4;1-5-6-7(2,3)4/h2*9H,6-8H2,1-5H3;2*8H,6-7H2,1-5H3;5-8H2,1-4H3;5-7H2,1-4H3;2*8H,6-7H2,1-5H3;5-7H2,1-4H3;5-6H2,1-4H3. The molecule has 0 aromatic rings. The van der Waals surface area contributed by atoms with Crippen molar-refractivity contribution in [1.82, 2.24) is 0 Å². The smallest absolute Gasteiger partial charge is 0.308 e. The van der Waals surface area contributed by atoms with E-state index in [1.807, 2.05) is 62.3 Å². The molecule has 644 valence electrons. The zero-order valence-electron chi connectivity index (χ0n) is 80.7. The predicted molar refractivity (Wildman–Crippen MR) is 464 cm³/mol. The van der Waals surface area contributed by atoms with E-state index in [-0.39, 0.29) is 76.1 Å². The minimum absolute atomic E-state index is 0.00497. The highest BCUT2D eigenvalue weighted by Gasteiger charge is 2.20. The molecule has 3 atom stereocenters. The number of carbonyl (C=O) groups excluding carboxylic acids is 6. The molecular formula is C94H196O12. The Morgan fingerprint density at radius 1 is 0.264 bits per heavy atom. The van der Waals surface area contributed by atoms with Crippen molar-refractivity contribution >= 4 is 35.8 Å². The van der Waals surface area contributed by atoms with Gasteiger partial charge < -0.3 is 28.4 Å². The Kier molecular flexibility index (Phi) is 77.5. The van der Waals surface area contributed by atoms with Crippen LogP contribution in [0, 0.1) is 77.8 Å². The summed E-state index contributed by atoms with van der Waals surface area (Å²) in [5.74, 6) is 1.16. The van der Waals surface area contributed by atoms with E-state index in [9.17, 15) is 28.8 Å². The van der Waals surface area contributed by atoms with Gasteiger partial charge in [-0.15, -0.1) is 0 Å². The minimum Gasteiger partial charge on any atom is -0.466 e. The maximum atomic E-state index is 11.0. The van der Waals surface area contributed by atoms with Crippen LogP contribution in [0.3, 0.4) is 0 Å². The highest BCUT2D eigenvalue weighted by molar-refractivity contribution is 5.72. The zero-order chi connectivity index (χ0) is 86.6. The topological polar surface area (TPSA) is 158 Å². The van der Waals surface area contributed by atoms with Gasteiger partial charge in [-0.3, -0.25) is 28.8 Å². The average molecular weight is 1520 g/mol. The van der Waals surface area contributed by atoms with Crippen LogP contribution in [0.4, 0.5) is 0 Å². The first kappa shape index (κ1) is 124. The van der Waals surface area contributed by atoms with Gasteiger partial charge in [-0.05, 0) is 163 Å². The van der Waals surface area contributed by atoms with Crippen LogP contribution >= 0.6 is 0 Å². The molecule has 12 heteroatoms. The van der Waals surface area contributed by atoms with E-state index in [0.717, 1.165) is 69.6 Å². The Morgan fingerprint density at radius 2 is 0.538 bits per heavy atom. The first-order valence-corrected chi connectivity index (χ1v) is 42.3. The van der Waals surface area contributed by atoms with E-state index in [4.69, 9.17) is 28.4 Å². The summed E-state index contributed by atoms with van der Waals surface area (Å²) in [6.45, 7) is 101. The summed E-state index contributed by atoms with van der Waals surface area (Å²) in [5.41, 5.74) is 3.90. The van der Waals surface area contributed by atoms with Crippen LogP contribution in [0.15, 0.2) is 0 Å². The summed E-state index contributed by atoms with van der Waals surface area (Å²) < 4.78 is 30.3. The van der Waals surface area contributed by atoms with Crippen molar-refractivity contribution in [1.29, 1.82) is 0 Å². The highest BCUT2D eigenvalue weighted by atomic mass is 16.6. The second-order valence-electron chi connectivity index (χ2n) is 42.7. The van der Waals surface area contributed by atoms with Crippen molar-refractivity contribution in [2.45, 2.75) is 472 Å². The molecule has 0 N–H and O–H groups in total. The number of hydrogen-bond donors (Lipinski definition) is 0. The van der Waals surface area contributed by atoms with Crippen LogP contribution in [0.2, 0.25) is 0 Å². The number of rotatable bonds is 28. The molecule has 0 bridgehead atoms. The third-order valence-corrected chi connectivity index (χ3v) is 15.2. The molecule has 0 radical (unpaired) electrons. The Balaban J connectivity index is -0.000000121. The number of esters is 6. The predicted octanol–water partition coefficient (Wildman–Crippen LogP) is 29.7. The van der Waals surface area contributed by atoms with E-state index in [1.54, 1.807) is 6.92 Å². The second kappa shape index (κ2) is 66.4. The van der Waals surface area contributed by atoms with E-state index < -0.39 is 0 Å². The van der Waals surface area contributed by atoms with Crippen LogP contribution in [-0.4, -0.2) is 74.5 Å². The van der Waals surface area contributed by atoms with E-state index in [0.29, 0.717) is 90.0 Å². The fraction of sp³-hybridized carbons (Fsp3) is 0.936. The molecule has 0 aromatic carbocycles. The van der Waals surface area contributed by atoms with Gasteiger partial charge in [-0.1, -0.05) is 337 Å². The molecule has 0 aliphatic heterocycles.